The average Bonchev–Trinajstić information content (AvgIpc) is 2.83. The molecule has 10 heteroatoms. The van der Waals surface area contributed by atoms with Crippen molar-refractivity contribution in [3.05, 3.63) is 35.5 Å². The minimum atomic E-state index is -0.941. The molecule has 188 valence electrons. The van der Waals surface area contributed by atoms with Gasteiger partial charge >= 0.3 is 12.1 Å². The Kier molecular flexibility index (Phi) is 7.39. The fourth-order valence-corrected chi connectivity index (χ4v) is 4.70. The van der Waals surface area contributed by atoms with Crippen LogP contribution in [0.1, 0.15) is 44.9 Å². The van der Waals surface area contributed by atoms with Crippen LogP contribution in [0.2, 0.25) is 0 Å². The van der Waals surface area contributed by atoms with Crippen LogP contribution in [-0.2, 0) is 11.3 Å². The lowest BCUT2D eigenvalue weighted by Gasteiger charge is -2.40. The number of morpholine rings is 1. The van der Waals surface area contributed by atoms with Gasteiger partial charge in [-0.15, -0.1) is 0 Å². The SMILES string of the molecule is CCNC(=O)Nc1ccc(-c2nc3c(c(N4CCOCC4C)n2)[C@H](C(C)C)CN(C(=O)O)C3)cc1. The summed E-state index contributed by atoms with van der Waals surface area (Å²) in [6.07, 6.45) is -0.941. The number of carboxylic acid groups (broad SMARTS) is 1. The molecule has 0 radical (unpaired) electrons. The Morgan fingerprint density at radius 1 is 1.23 bits per heavy atom. The summed E-state index contributed by atoms with van der Waals surface area (Å²) in [7, 11) is 0. The predicted molar refractivity (Wildman–Crippen MR) is 134 cm³/mol. The summed E-state index contributed by atoms with van der Waals surface area (Å²) in [5.74, 6) is 1.63. The Morgan fingerprint density at radius 3 is 2.60 bits per heavy atom. The molecule has 2 aromatic rings. The van der Waals surface area contributed by atoms with Crippen molar-refractivity contribution in [2.24, 2.45) is 5.92 Å². The van der Waals surface area contributed by atoms with E-state index in [9.17, 15) is 14.7 Å². The van der Waals surface area contributed by atoms with E-state index in [4.69, 9.17) is 14.7 Å². The van der Waals surface area contributed by atoms with Crippen LogP contribution >= 0.6 is 0 Å². The summed E-state index contributed by atoms with van der Waals surface area (Å²) >= 11 is 0. The highest BCUT2D eigenvalue weighted by atomic mass is 16.5. The van der Waals surface area contributed by atoms with E-state index in [-0.39, 0.29) is 30.5 Å². The number of ether oxygens (including phenoxy) is 1. The number of fused-ring (bicyclic) bond motifs is 1. The van der Waals surface area contributed by atoms with Crippen LogP contribution in [0.15, 0.2) is 24.3 Å². The number of nitrogens with zero attached hydrogens (tertiary/aromatic N) is 4. The van der Waals surface area contributed by atoms with Crippen LogP contribution in [0.3, 0.4) is 0 Å². The lowest BCUT2D eigenvalue weighted by Crippen LogP contribution is -2.46. The van der Waals surface area contributed by atoms with Gasteiger partial charge in [0, 0.05) is 42.4 Å². The molecule has 0 bridgehead atoms. The topological polar surface area (TPSA) is 120 Å². The molecule has 35 heavy (non-hydrogen) atoms. The van der Waals surface area contributed by atoms with Crippen LogP contribution in [-0.4, -0.2) is 71.0 Å². The van der Waals surface area contributed by atoms with Crippen molar-refractivity contribution >= 4 is 23.6 Å². The van der Waals surface area contributed by atoms with Gasteiger partial charge in [0.05, 0.1) is 31.5 Å². The smallest absolute Gasteiger partial charge is 0.407 e. The maximum Gasteiger partial charge on any atom is 0.407 e. The number of carbonyl (C=O) groups excluding carboxylic acids is 1. The highest BCUT2D eigenvalue weighted by Crippen LogP contribution is 2.40. The van der Waals surface area contributed by atoms with Crippen LogP contribution < -0.4 is 15.5 Å². The van der Waals surface area contributed by atoms with Gasteiger partial charge in [0.25, 0.3) is 0 Å². The molecule has 1 fully saturated rings. The second-order valence-corrected chi connectivity index (χ2v) is 9.42. The molecule has 1 aromatic heterocycles. The van der Waals surface area contributed by atoms with E-state index in [2.05, 4.69) is 36.3 Å². The van der Waals surface area contributed by atoms with Crippen LogP contribution in [0.4, 0.5) is 21.1 Å². The molecular formula is C25H34N6O4. The predicted octanol–water partition coefficient (Wildman–Crippen LogP) is 3.74. The summed E-state index contributed by atoms with van der Waals surface area (Å²) in [5, 5.41) is 15.3. The summed E-state index contributed by atoms with van der Waals surface area (Å²) in [6.45, 7) is 11.3. The molecule has 10 nitrogen and oxygen atoms in total. The van der Waals surface area contributed by atoms with Crippen molar-refractivity contribution in [2.75, 3.05) is 43.1 Å². The van der Waals surface area contributed by atoms with Crippen molar-refractivity contribution in [2.45, 2.75) is 46.2 Å². The fraction of sp³-hybridized carbons (Fsp3) is 0.520. The van der Waals surface area contributed by atoms with Crippen LogP contribution in [0.25, 0.3) is 11.4 Å². The van der Waals surface area contributed by atoms with E-state index >= 15 is 0 Å². The zero-order valence-electron chi connectivity index (χ0n) is 20.7. The first-order valence-electron chi connectivity index (χ1n) is 12.2. The zero-order chi connectivity index (χ0) is 25.1. The zero-order valence-corrected chi connectivity index (χ0v) is 20.7. The van der Waals surface area contributed by atoms with E-state index in [1.54, 1.807) is 0 Å². The van der Waals surface area contributed by atoms with Crippen molar-refractivity contribution in [1.82, 2.24) is 20.2 Å². The molecule has 2 aliphatic heterocycles. The van der Waals surface area contributed by atoms with Gasteiger partial charge in [-0.2, -0.15) is 0 Å². The first-order valence-corrected chi connectivity index (χ1v) is 12.2. The molecule has 3 N–H and O–H groups in total. The van der Waals surface area contributed by atoms with Crippen LogP contribution in [0.5, 0.6) is 0 Å². The van der Waals surface area contributed by atoms with Gasteiger partial charge in [0.2, 0.25) is 0 Å². The van der Waals surface area contributed by atoms with E-state index in [1.807, 2.05) is 31.2 Å². The minimum absolute atomic E-state index is 0.00222. The first kappa shape index (κ1) is 24.7. The number of carbonyl (C=O) groups is 2. The van der Waals surface area contributed by atoms with E-state index in [0.29, 0.717) is 44.4 Å². The second kappa shape index (κ2) is 10.5. The number of urea groups is 1. The second-order valence-electron chi connectivity index (χ2n) is 9.42. The number of aromatic nitrogens is 2. The quantitative estimate of drug-likeness (QED) is 0.594. The summed E-state index contributed by atoms with van der Waals surface area (Å²) in [4.78, 5) is 37.4. The van der Waals surface area contributed by atoms with Gasteiger partial charge in [-0.05, 0) is 44.0 Å². The summed E-state index contributed by atoms with van der Waals surface area (Å²) < 4.78 is 5.67. The lowest BCUT2D eigenvalue weighted by atomic mass is 9.84. The van der Waals surface area contributed by atoms with Gasteiger partial charge in [-0.3, -0.25) is 0 Å². The van der Waals surface area contributed by atoms with E-state index < -0.39 is 6.09 Å². The molecule has 0 aliphatic carbocycles. The average molecular weight is 483 g/mol. The lowest BCUT2D eigenvalue weighted by molar-refractivity contribution is 0.0980. The Hall–Kier alpha value is -3.40. The normalized spacial score (nSPS) is 19.9. The molecule has 3 heterocycles. The van der Waals surface area contributed by atoms with E-state index in [0.717, 1.165) is 22.6 Å². The maximum absolute atomic E-state index is 11.9. The molecule has 2 aliphatic rings. The van der Waals surface area contributed by atoms with E-state index in [1.165, 1.54) is 4.90 Å². The highest BCUT2D eigenvalue weighted by Gasteiger charge is 2.37. The number of benzene rings is 1. The monoisotopic (exact) mass is 482 g/mol. The molecule has 0 spiro atoms. The molecule has 1 unspecified atom stereocenters. The third-order valence-electron chi connectivity index (χ3n) is 6.59. The van der Waals surface area contributed by atoms with Crippen molar-refractivity contribution in [3.8, 4) is 11.4 Å². The molecule has 2 atom stereocenters. The number of nitrogens with one attached hydrogen (secondary N) is 2. The number of anilines is 2. The van der Waals surface area contributed by atoms with Crippen LogP contribution in [0, 0.1) is 5.92 Å². The largest absolute Gasteiger partial charge is 0.465 e. The maximum atomic E-state index is 11.9. The minimum Gasteiger partial charge on any atom is -0.465 e. The third-order valence-corrected chi connectivity index (χ3v) is 6.59. The number of hydrogen-bond donors (Lipinski definition) is 3. The third kappa shape index (κ3) is 5.32. The molecule has 0 saturated carbocycles. The van der Waals surface area contributed by atoms with Crippen molar-refractivity contribution in [3.63, 3.8) is 0 Å². The molecule has 3 amide bonds. The van der Waals surface area contributed by atoms with Gasteiger partial charge in [0.15, 0.2) is 5.82 Å². The fourth-order valence-electron chi connectivity index (χ4n) is 4.70. The van der Waals surface area contributed by atoms with Crippen molar-refractivity contribution in [1.29, 1.82) is 0 Å². The Balaban J connectivity index is 1.78. The summed E-state index contributed by atoms with van der Waals surface area (Å²) in [5.41, 5.74) is 3.26. The standard InChI is InChI=1S/C25H34N6O4/c1-5-26-24(32)27-18-8-6-17(7-9-18)22-28-20-13-30(25(33)34)12-19(15(2)3)21(20)23(29-22)31-10-11-35-14-16(31)4/h6-9,15-16,19H,5,10-14H2,1-4H3,(H,33,34)(H2,26,27,32)/t16?,19-/m0/s1. The van der Waals surface area contributed by atoms with Gasteiger partial charge in [-0.25, -0.2) is 19.6 Å². The Labute approximate surface area is 205 Å². The molecular weight excluding hydrogens is 448 g/mol. The van der Waals surface area contributed by atoms with Gasteiger partial charge < -0.3 is 30.3 Å². The number of rotatable bonds is 5. The van der Waals surface area contributed by atoms with Gasteiger partial charge in [0.1, 0.15) is 5.82 Å². The van der Waals surface area contributed by atoms with Gasteiger partial charge in [-0.1, -0.05) is 13.8 Å². The molecule has 1 saturated heterocycles. The first-order chi connectivity index (χ1) is 16.8. The van der Waals surface area contributed by atoms with Crippen molar-refractivity contribution < 1.29 is 19.4 Å². The highest BCUT2D eigenvalue weighted by molar-refractivity contribution is 5.89. The summed E-state index contributed by atoms with van der Waals surface area (Å²) in [6, 6.07) is 7.24. The number of amides is 3. The molecule has 4 rings (SSSR count). The Morgan fingerprint density at radius 2 is 1.97 bits per heavy atom. The number of hydrogen-bond acceptors (Lipinski definition) is 6. The Bertz CT molecular complexity index is 1070. The molecule has 1 aromatic carbocycles.